The molecule has 1 aliphatic rings. The van der Waals surface area contributed by atoms with Gasteiger partial charge in [0.05, 0.1) is 17.2 Å². The lowest BCUT2D eigenvalue weighted by atomic mass is 10.0. The number of nitrogens with zero attached hydrogens (tertiary/aromatic N) is 3. The minimum absolute atomic E-state index is 0. The summed E-state index contributed by atoms with van der Waals surface area (Å²) < 4.78 is 0. The average molecular weight is 451 g/mol. The summed E-state index contributed by atoms with van der Waals surface area (Å²) in [6.07, 6.45) is 2.71. The molecule has 0 radical (unpaired) electrons. The largest absolute Gasteiger partial charge is 0.355 e. The number of thiazole rings is 1. The molecule has 0 bridgehead atoms. The van der Waals surface area contributed by atoms with Crippen LogP contribution in [0.5, 0.6) is 0 Å². The minimum Gasteiger partial charge on any atom is -0.355 e. The molecule has 132 valence electrons. The van der Waals surface area contributed by atoms with Crippen LogP contribution in [-0.4, -0.2) is 49.1 Å². The van der Waals surface area contributed by atoms with Crippen molar-refractivity contribution in [3.63, 3.8) is 0 Å². The highest BCUT2D eigenvalue weighted by Crippen LogP contribution is 2.16. The number of likely N-dealkylation sites (tertiary alicyclic amines) is 1. The Morgan fingerprint density at radius 2 is 2.17 bits per heavy atom. The first-order valence-corrected chi connectivity index (χ1v) is 9.00. The van der Waals surface area contributed by atoms with Crippen molar-refractivity contribution in [1.29, 1.82) is 0 Å². The Hall–Kier alpha value is -0.410. The number of hydrogen-bond donors (Lipinski definition) is 2. The van der Waals surface area contributed by atoms with E-state index in [-0.39, 0.29) is 24.0 Å². The van der Waals surface area contributed by atoms with Gasteiger partial charge in [-0.15, -0.1) is 35.3 Å². The van der Waals surface area contributed by atoms with E-state index >= 15 is 0 Å². The molecule has 1 atom stereocenters. The SMILES string of the molecule is CN=C(NCCN1CCCC(C)C1)NCc1sc(C)nc1C.I. The van der Waals surface area contributed by atoms with Gasteiger partial charge in [0.2, 0.25) is 0 Å². The maximum atomic E-state index is 4.46. The Balaban J connectivity index is 0.00000264. The van der Waals surface area contributed by atoms with Crippen molar-refractivity contribution >= 4 is 41.3 Å². The average Bonchev–Trinajstić information content (AvgIpc) is 2.80. The van der Waals surface area contributed by atoms with E-state index < -0.39 is 0 Å². The van der Waals surface area contributed by atoms with Crippen LogP contribution in [0, 0.1) is 19.8 Å². The predicted molar refractivity (Wildman–Crippen MR) is 110 cm³/mol. The zero-order valence-corrected chi connectivity index (χ0v) is 17.8. The molecule has 1 aromatic heterocycles. The van der Waals surface area contributed by atoms with Gasteiger partial charge in [-0.1, -0.05) is 6.92 Å². The van der Waals surface area contributed by atoms with E-state index in [1.807, 2.05) is 14.0 Å². The van der Waals surface area contributed by atoms with Crippen LogP contribution in [0.4, 0.5) is 0 Å². The third kappa shape index (κ3) is 6.93. The van der Waals surface area contributed by atoms with Crippen LogP contribution in [0.2, 0.25) is 0 Å². The molecule has 1 saturated heterocycles. The molecule has 2 rings (SSSR count). The minimum atomic E-state index is 0. The summed E-state index contributed by atoms with van der Waals surface area (Å²) in [5, 5.41) is 7.91. The molecule has 0 amide bonds. The first-order chi connectivity index (χ1) is 10.6. The summed E-state index contributed by atoms with van der Waals surface area (Å²) in [5.41, 5.74) is 1.12. The van der Waals surface area contributed by atoms with E-state index in [1.165, 1.54) is 30.8 Å². The number of piperidine rings is 1. The summed E-state index contributed by atoms with van der Waals surface area (Å²) in [4.78, 5) is 12.6. The van der Waals surface area contributed by atoms with Gasteiger partial charge in [-0.25, -0.2) is 4.98 Å². The number of rotatable bonds is 5. The lowest BCUT2D eigenvalue weighted by Crippen LogP contribution is -2.43. The standard InChI is InChI=1S/C16H29N5S.HI/c1-12-6-5-8-21(11-12)9-7-18-16(17-4)19-10-15-13(2)20-14(3)22-15;/h12H,5-11H2,1-4H3,(H2,17,18,19);1H. The van der Waals surface area contributed by atoms with Gasteiger partial charge in [0.1, 0.15) is 0 Å². The molecule has 0 saturated carbocycles. The molecule has 5 nitrogen and oxygen atoms in total. The van der Waals surface area contributed by atoms with Crippen molar-refractivity contribution < 1.29 is 0 Å². The second-order valence-electron chi connectivity index (χ2n) is 6.14. The summed E-state index contributed by atoms with van der Waals surface area (Å²) in [5.74, 6) is 1.71. The van der Waals surface area contributed by atoms with Gasteiger partial charge in [-0.2, -0.15) is 0 Å². The fourth-order valence-electron chi connectivity index (χ4n) is 2.94. The van der Waals surface area contributed by atoms with Gasteiger partial charge in [0.25, 0.3) is 0 Å². The van der Waals surface area contributed by atoms with Crippen LogP contribution in [-0.2, 0) is 6.54 Å². The van der Waals surface area contributed by atoms with Crippen LogP contribution < -0.4 is 10.6 Å². The van der Waals surface area contributed by atoms with Crippen molar-refractivity contribution in [2.45, 2.75) is 40.2 Å². The van der Waals surface area contributed by atoms with Crippen LogP contribution in [0.25, 0.3) is 0 Å². The van der Waals surface area contributed by atoms with E-state index in [2.05, 4.69) is 39.4 Å². The maximum Gasteiger partial charge on any atom is 0.191 e. The van der Waals surface area contributed by atoms with Crippen molar-refractivity contribution in [3.8, 4) is 0 Å². The van der Waals surface area contributed by atoms with Gasteiger partial charge >= 0.3 is 0 Å². The molecule has 0 aliphatic carbocycles. The molecule has 1 aromatic rings. The monoisotopic (exact) mass is 451 g/mol. The number of guanidine groups is 1. The zero-order valence-electron chi connectivity index (χ0n) is 14.7. The molecule has 2 N–H and O–H groups in total. The van der Waals surface area contributed by atoms with E-state index in [0.29, 0.717) is 0 Å². The van der Waals surface area contributed by atoms with Crippen LogP contribution in [0.3, 0.4) is 0 Å². The third-order valence-electron chi connectivity index (χ3n) is 4.10. The molecule has 0 aromatic carbocycles. The maximum absolute atomic E-state index is 4.46. The summed E-state index contributed by atoms with van der Waals surface area (Å²) >= 11 is 1.75. The molecule has 1 aliphatic heterocycles. The van der Waals surface area contributed by atoms with Gasteiger partial charge < -0.3 is 15.5 Å². The van der Waals surface area contributed by atoms with Crippen LogP contribution >= 0.6 is 35.3 Å². The Labute approximate surface area is 161 Å². The lowest BCUT2D eigenvalue weighted by Gasteiger charge is -2.30. The summed E-state index contributed by atoms with van der Waals surface area (Å²) in [6, 6.07) is 0. The van der Waals surface area contributed by atoms with E-state index in [0.717, 1.165) is 42.2 Å². The van der Waals surface area contributed by atoms with E-state index in [4.69, 9.17) is 0 Å². The first-order valence-electron chi connectivity index (χ1n) is 8.18. The van der Waals surface area contributed by atoms with Crippen molar-refractivity contribution in [2.75, 3.05) is 33.2 Å². The van der Waals surface area contributed by atoms with Crippen molar-refractivity contribution in [3.05, 3.63) is 15.6 Å². The fourth-order valence-corrected chi connectivity index (χ4v) is 3.82. The smallest absolute Gasteiger partial charge is 0.191 e. The number of aryl methyl sites for hydroxylation is 2. The Morgan fingerprint density at radius 3 is 2.78 bits per heavy atom. The van der Waals surface area contributed by atoms with Gasteiger partial charge in [0.15, 0.2) is 5.96 Å². The number of aromatic nitrogens is 1. The first kappa shape index (κ1) is 20.6. The van der Waals surface area contributed by atoms with Gasteiger partial charge in [0, 0.05) is 31.6 Å². The van der Waals surface area contributed by atoms with Crippen molar-refractivity contribution in [1.82, 2.24) is 20.5 Å². The topological polar surface area (TPSA) is 52.6 Å². The molecule has 1 fully saturated rings. The number of aliphatic imine (C=N–C) groups is 1. The molecule has 1 unspecified atom stereocenters. The normalized spacial score (nSPS) is 19.3. The zero-order chi connectivity index (χ0) is 15.9. The second kappa shape index (κ2) is 10.5. The predicted octanol–water partition coefficient (Wildman–Crippen LogP) is 2.77. The second-order valence-corrected chi connectivity index (χ2v) is 7.43. The van der Waals surface area contributed by atoms with E-state index in [9.17, 15) is 0 Å². The molecule has 23 heavy (non-hydrogen) atoms. The van der Waals surface area contributed by atoms with E-state index in [1.54, 1.807) is 11.3 Å². The fraction of sp³-hybridized carbons (Fsp3) is 0.750. The Morgan fingerprint density at radius 1 is 1.39 bits per heavy atom. The Bertz CT molecular complexity index is 503. The Kier molecular flexibility index (Phi) is 9.38. The molecule has 2 heterocycles. The molecule has 0 spiro atoms. The quantitative estimate of drug-likeness (QED) is 0.411. The number of hydrogen-bond acceptors (Lipinski definition) is 4. The molecular weight excluding hydrogens is 421 g/mol. The van der Waals surface area contributed by atoms with Crippen molar-refractivity contribution in [2.24, 2.45) is 10.9 Å². The van der Waals surface area contributed by atoms with Crippen LogP contribution in [0.1, 0.15) is 35.3 Å². The van der Waals surface area contributed by atoms with Gasteiger partial charge in [-0.3, -0.25) is 4.99 Å². The number of halogens is 1. The van der Waals surface area contributed by atoms with Crippen LogP contribution in [0.15, 0.2) is 4.99 Å². The third-order valence-corrected chi connectivity index (χ3v) is 5.17. The highest BCUT2D eigenvalue weighted by Gasteiger charge is 2.15. The lowest BCUT2D eigenvalue weighted by molar-refractivity contribution is 0.187. The molecule has 7 heteroatoms. The summed E-state index contributed by atoms with van der Waals surface area (Å²) in [7, 11) is 1.82. The highest BCUT2D eigenvalue weighted by atomic mass is 127. The molecular formula is C16H30IN5S. The summed E-state index contributed by atoms with van der Waals surface area (Å²) in [6.45, 7) is 11.7. The van der Waals surface area contributed by atoms with Gasteiger partial charge in [-0.05, 0) is 39.2 Å². The number of nitrogens with one attached hydrogen (secondary N) is 2. The highest BCUT2D eigenvalue weighted by molar-refractivity contribution is 14.0.